The summed E-state index contributed by atoms with van der Waals surface area (Å²) in [5.41, 5.74) is 0. The zero-order valence-corrected chi connectivity index (χ0v) is 65.2. The van der Waals surface area contributed by atoms with E-state index in [4.69, 9.17) is 37.0 Å². The van der Waals surface area contributed by atoms with Crippen LogP contribution in [0.3, 0.4) is 0 Å². The van der Waals surface area contributed by atoms with Gasteiger partial charge in [0.1, 0.15) is 19.3 Å². The quantitative estimate of drug-likeness (QED) is 0.0169. The lowest BCUT2D eigenvalue weighted by Gasteiger charge is -2.21. The van der Waals surface area contributed by atoms with Crippen LogP contribution in [-0.4, -0.2) is 96.7 Å². The van der Waals surface area contributed by atoms with Crippen molar-refractivity contribution in [3.05, 3.63) is 85.1 Å². The summed E-state index contributed by atoms with van der Waals surface area (Å²) in [5.74, 6) is -2.24. The Morgan fingerprint density at radius 3 is 0.830 bits per heavy atom. The Balaban J connectivity index is 5.40. The zero-order chi connectivity index (χ0) is 73.2. The molecule has 0 aromatic carbocycles. The van der Waals surface area contributed by atoms with E-state index in [-0.39, 0.29) is 25.7 Å². The molecule has 0 aliphatic heterocycles. The molecular formula is C81H144O17P2. The molecule has 0 saturated carbocycles. The van der Waals surface area contributed by atoms with Gasteiger partial charge in [-0.2, -0.15) is 0 Å². The molecule has 580 valence electrons. The summed E-state index contributed by atoms with van der Waals surface area (Å²) < 4.78 is 68.5. The number of phosphoric ester groups is 2. The average molecular weight is 1450 g/mol. The number of carbonyl (C=O) groups excluding carboxylic acids is 4. The van der Waals surface area contributed by atoms with Crippen LogP contribution in [0.5, 0.6) is 0 Å². The molecule has 0 aliphatic carbocycles. The normalized spacial score (nSPS) is 14.3. The topological polar surface area (TPSA) is 237 Å². The minimum atomic E-state index is -4.99. The highest BCUT2D eigenvalue weighted by atomic mass is 31.2. The van der Waals surface area contributed by atoms with Crippen LogP contribution in [0.15, 0.2) is 85.1 Å². The Labute approximate surface area is 608 Å². The number of aliphatic hydroxyl groups excluding tert-OH is 1. The van der Waals surface area contributed by atoms with Gasteiger partial charge < -0.3 is 33.8 Å². The number of esters is 4. The van der Waals surface area contributed by atoms with Crippen LogP contribution in [0.2, 0.25) is 0 Å². The third kappa shape index (κ3) is 72.6. The van der Waals surface area contributed by atoms with Crippen LogP contribution in [0, 0.1) is 0 Å². The van der Waals surface area contributed by atoms with Crippen molar-refractivity contribution >= 4 is 39.5 Å². The van der Waals surface area contributed by atoms with Crippen LogP contribution in [0.25, 0.3) is 0 Å². The molecule has 3 N–H and O–H groups in total. The van der Waals surface area contributed by atoms with Crippen molar-refractivity contribution in [3.8, 4) is 0 Å². The number of rotatable bonds is 75. The van der Waals surface area contributed by atoms with Gasteiger partial charge in [-0.1, -0.05) is 267 Å². The minimum absolute atomic E-state index is 0.0795. The first-order valence-electron chi connectivity index (χ1n) is 39.8. The molecule has 2 unspecified atom stereocenters. The van der Waals surface area contributed by atoms with Gasteiger partial charge >= 0.3 is 39.5 Å². The first-order valence-corrected chi connectivity index (χ1v) is 42.8. The number of phosphoric acid groups is 2. The lowest BCUT2D eigenvalue weighted by atomic mass is 10.1. The van der Waals surface area contributed by atoms with E-state index in [0.29, 0.717) is 32.1 Å². The Morgan fingerprint density at radius 1 is 0.280 bits per heavy atom. The largest absolute Gasteiger partial charge is 0.472 e. The molecule has 19 heteroatoms. The monoisotopic (exact) mass is 1450 g/mol. The van der Waals surface area contributed by atoms with Crippen molar-refractivity contribution in [2.24, 2.45) is 0 Å². The van der Waals surface area contributed by atoms with Crippen LogP contribution in [0.1, 0.15) is 349 Å². The number of aliphatic hydroxyl groups is 1. The van der Waals surface area contributed by atoms with Crippen LogP contribution >= 0.6 is 15.6 Å². The van der Waals surface area contributed by atoms with Gasteiger partial charge in [0.25, 0.3) is 0 Å². The second-order valence-corrected chi connectivity index (χ2v) is 29.5. The summed E-state index contributed by atoms with van der Waals surface area (Å²) in [7, 11) is -9.96. The minimum Gasteiger partial charge on any atom is -0.462 e. The fourth-order valence-electron chi connectivity index (χ4n) is 10.7. The molecule has 0 radical (unpaired) electrons. The number of carbonyl (C=O) groups is 4. The molecule has 5 atom stereocenters. The predicted molar refractivity (Wildman–Crippen MR) is 409 cm³/mol. The molecule has 0 fully saturated rings. The smallest absolute Gasteiger partial charge is 0.462 e. The second-order valence-electron chi connectivity index (χ2n) is 26.6. The summed E-state index contributed by atoms with van der Waals surface area (Å²) >= 11 is 0. The Morgan fingerprint density at radius 2 is 0.500 bits per heavy atom. The van der Waals surface area contributed by atoms with Crippen LogP contribution in [-0.2, 0) is 65.4 Å². The zero-order valence-electron chi connectivity index (χ0n) is 63.4. The summed E-state index contributed by atoms with van der Waals surface area (Å²) in [4.78, 5) is 72.9. The molecule has 0 aromatic heterocycles. The van der Waals surface area contributed by atoms with Crippen LogP contribution < -0.4 is 0 Å². The maximum atomic E-state index is 13.1. The van der Waals surface area contributed by atoms with E-state index in [2.05, 4.69) is 101 Å². The number of ether oxygens (including phenoxy) is 4. The third-order valence-corrected chi connectivity index (χ3v) is 18.7. The van der Waals surface area contributed by atoms with Gasteiger partial charge in [0.2, 0.25) is 0 Å². The van der Waals surface area contributed by atoms with E-state index in [0.717, 1.165) is 154 Å². The summed E-state index contributed by atoms with van der Waals surface area (Å²) in [6, 6.07) is 0. The number of unbranched alkanes of at least 4 members (excludes halogenated alkanes) is 35. The number of hydrogen-bond donors (Lipinski definition) is 3. The van der Waals surface area contributed by atoms with Gasteiger partial charge in [-0.25, -0.2) is 9.13 Å². The first-order chi connectivity index (χ1) is 48.7. The lowest BCUT2D eigenvalue weighted by molar-refractivity contribution is -0.161. The molecule has 100 heavy (non-hydrogen) atoms. The Kier molecular flexibility index (Phi) is 70.8. The molecule has 0 bridgehead atoms. The lowest BCUT2D eigenvalue weighted by Crippen LogP contribution is -2.30. The van der Waals surface area contributed by atoms with E-state index in [1.54, 1.807) is 0 Å². The van der Waals surface area contributed by atoms with Crippen molar-refractivity contribution in [2.45, 2.75) is 367 Å². The van der Waals surface area contributed by atoms with E-state index < -0.39 is 97.5 Å². The molecule has 0 spiro atoms. The van der Waals surface area contributed by atoms with Crippen molar-refractivity contribution in [1.29, 1.82) is 0 Å². The second kappa shape index (κ2) is 73.5. The van der Waals surface area contributed by atoms with Gasteiger partial charge in [-0.3, -0.25) is 37.3 Å². The van der Waals surface area contributed by atoms with E-state index in [9.17, 15) is 43.2 Å². The third-order valence-electron chi connectivity index (χ3n) is 16.8. The van der Waals surface area contributed by atoms with Crippen molar-refractivity contribution in [3.63, 3.8) is 0 Å². The summed E-state index contributed by atoms with van der Waals surface area (Å²) in [6.45, 7) is 4.77. The van der Waals surface area contributed by atoms with Crippen molar-refractivity contribution < 1.29 is 80.2 Å². The highest BCUT2D eigenvalue weighted by Gasteiger charge is 2.30. The number of allylic oxidation sites excluding steroid dienone is 14. The molecule has 0 aliphatic rings. The Bertz CT molecular complexity index is 2230. The highest BCUT2D eigenvalue weighted by Crippen LogP contribution is 2.45. The molecule has 0 amide bonds. The first kappa shape index (κ1) is 96.2. The van der Waals surface area contributed by atoms with Gasteiger partial charge in [-0.05, 0) is 141 Å². The maximum Gasteiger partial charge on any atom is 0.472 e. The average Bonchev–Trinajstić information content (AvgIpc) is 0.945. The molecule has 0 heterocycles. The number of hydrogen-bond acceptors (Lipinski definition) is 15. The van der Waals surface area contributed by atoms with Crippen LogP contribution in [0.4, 0.5) is 0 Å². The van der Waals surface area contributed by atoms with Gasteiger partial charge in [0.05, 0.1) is 26.4 Å². The predicted octanol–water partition coefficient (Wildman–Crippen LogP) is 23.0. The highest BCUT2D eigenvalue weighted by molar-refractivity contribution is 7.47. The fourth-order valence-corrected chi connectivity index (χ4v) is 12.2. The molecule has 0 rings (SSSR count). The fraction of sp³-hybridized carbons (Fsp3) is 0.778. The van der Waals surface area contributed by atoms with Gasteiger partial charge in [0.15, 0.2) is 12.2 Å². The Hall–Kier alpha value is -3.76. The van der Waals surface area contributed by atoms with Crippen molar-refractivity contribution in [2.75, 3.05) is 39.6 Å². The molecule has 0 aromatic rings. The summed E-state index contributed by atoms with van der Waals surface area (Å²) in [6.07, 6.45) is 75.7. The molecule has 17 nitrogen and oxygen atoms in total. The van der Waals surface area contributed by atoms with Gasteiger partial charge in [-0.15, -0.1) is 0 Å². The SMILES string of the molecule is CCCCC/C=C\C/C=C\C/C=C\C/C=C\CCCC(=O)OC[C@H](COP(=O)(O)OC[C@@H](O)COP(=O)(O)OC[C@@H](COC(=O)CCCCCCC/C=C\CCCCCC)OC(=O)CCCCCCC/C=C\CCCCCCCC)OC(=O)CCCCCCCCC/C=C\CCCCCC. The molecular weight excluding hydrogens is 1310 g/mol. The summed E-state index contributed by atoms with van der Waals surface area (Å²) in [5, 5.41) is 10.6. The molecule has 0 saturated heterocycles. The van der Waals surface area contributed by atoms with E-state index in [1.807, 2.05) is 12.2 Å². The standard InChI is InChI=1S/C81H144O17P2/c1-5-9-13-17-21-25-29-33-36-37-40-42-46-50-54-58-62-66-79(84)92-72-77(98-81(86)68-64-60-56-52-48-44-39-35-31-27-23-19-15-11-7-3)74-96-100(89,90)94-70-75(82)69-93-99(87,88)95-73-76(71-91-78(83)65-61-57-53-49-45-41-32-28-24-20-16-12-8-4)97-80(85)67-63-59-55-51-47-43-38-34-30-26-22-18-14-10-6-2/h21,25,27-28,31-34,36,38,40,42,50,54,75-77,82H,5-20,22-24,26,29-30,35,37,39,41,43-49,51-53,55-74H2,1-4H3,(H,87,88)(H,89,90)/b25-21-,31-27-,32-28-,36-33-,38-34-,42-40-,54-50-/t75-,76+,77+/m0/s1. The van der Waals surface area contributed by atoms with E-state index >= 15 is 0 Å². The van der Waals surface area contributed by atoms with Crippen molar-refractivity contribution in [1.82, 2.24) is 0 Å². The van der Waals surface area contributed by atoms with Gasteiger partial charge in [0, 0.05) is 25.7 Å². The maximum absolute atomic E-state index is 13.1. The van der Waals surface area contributed by atoms with E-state index in [1.165, 1.54) is 109 Å².